The van der Waals surface area contributed by atoms with E-state index in [2.05, 4.69) is 10.3 Å². The summed E-state index contributed by atoms with van der Waals surface area (Å²) in [5, 5.41) is 2.87. The number of nitrogens with one attached hydrogen (secondary N) is 1. The Morgan fingerprint density at radius 1 is 1.16 bits per heavy atom. The highest BCUT2D eigenvalue weighted by atomic mass is 16.5. The Balaban J connectivity index is 1.74. The summed E-state index contributed by atoms with van der Waals surface area (Å²) >= 11 is 0. The Kier molecular flexibility index (Phi) is 5.25. The number of rotatable bonds is 5. The number of hydrogen-bond donors (Lipinski definition) is 2. The van der Waals surface area contributed by atoms with Gasteiger partial charge < -0.3 is 20.7 Å². The molecule has 1 aliphatic rings. The molecule has 2 amide bonds. The Labute approximate surface area is 145 Å². The van der Waals surface area contributed by atoms with E-state index in [1.807, 2.05) is 4.90 Å². The van der Waals surface area contributed by atoms with Gasteiger partial charge in [0.25, 0.3) is 5.91 Å². The molecule has 1 aromatic carbocycles. The van der Waals surface area contributed by atoms with Crippen LogP contribution in [0.25, 0.3) is 0 Å². The van der Waals surface area contributed by atoms with Crippen molar-refractivity contribution in [2.75, 3.05) is 36.5 Å². The number of carbonyl (C=O) groups excluding carboxylic acids is 2. The second-order valence-corrected chi connectivity index (χ2v) is 5.77. The van der Waals surface area contributed by atoms with Crippen LogP contribution in [-0.2, 0) is 16.0 Å². The normalized spacial score (nSPS) is 14.2. The zero-order chi connectivity index (χ0) is 17.6. The van der Waals surface area contributed by atoms with Gasteiger partial charge in [-0.15, -0.1) is 0 Å². The Hall–Kier alpha value is -2.93. The third-order valence-corrected chi connectivity index (χ3v) is 3.93. The van der Waals surface area contributed by atoms with Crippen molar-refractivity contribution in [3.8, 4) is 0 Å². The molecular formula is C18H20N4O3. The zero-order valence-corrected chi connectivity index (χ0v) is 13.8. The van der Waals surface area contributed by atoms with Crippen LogP contribution in [0.15, 0.2) is 42.6 Å². The fourth-order valence-corrected chi connectivity index (χ4v) is 2.71. The third-order valence-electron chi connectivity index (χ3n) is 3.93. The highest BCUT2D eigenvalue weighted by molar-refractivity contribution is 6.07. The predicted molar refractivity (Wildman–Crippen MR) is 94.6 cm³/mol. The number of nitrogens with zero attached hydrogens (tertiary/aromatic N) is 2. The fourth-order valence-electron chi connectivity index (χ4n) is 2.71. The van der Waals surface area contributed by atoms with Crippen LogP contribution in [0, 0.1) is 0 Å². The van der Waals surface area contributed by atoms with Gasteiger partial charge in [0.1, 0.15) is 5.82 Å². The van der Waals surface area contributed by atoms with Crippen LogP contribution < -0.4 is 16.0 Å². The lowest BCUT2D eigenvalue weighted by molar-refractivity contribution is -0.117. The first kappa shape index (κ1) is 16.9. The number of ether oxygens (including phenoxy) is 1. The molecule has 0 saturated carbocycles. The van der Waals surface area contributed by atoms with Gasteiger partial charge in [0.2, 0.25) is 5.91 Å². The van der Waals surface area contributed by atoms with Crippen LogP contribution in [-0.4, -0.2) is 43.1 Å². The van der Waals surface area contributed by atoms with Crippen molar-refractivity contribution in [1.82, 2.24) is 4.98 Å². The first-order valence-corrected chi connectivity index (χ1v) is 8.10. The van der Waals surface area contributed by atoms with E-state index in [0.717, 1.165) is 5.56 Å². The topological polar surface area (TPSA) is 97.5 Å². The number of carbonyl (C=O) groups is 2. The number of amides is 2. The maximum Gasteiger partial charge on any atom is 0.259 e. The standard InChI is InChI=1S/C18H20N4O3/c19-16(23)12-13-3-5-14(6-4-13)21-18(24)15-2-1-7-20-17(15)22-8-10-25-11-9-22/h1-7H,8-12H2,(H2,19,23)(H,21,24). The molecule has 2 heterocycles. The van der Waals surface area contributed by atoms with E-state index in [1.54, 1.807) is 42.6 Å². The second kappa shape index (κ2) is 7.76. The molecule has 2 aromatic rings. The van der Waals surface area contributed by atoms with E-state index in [9.17, 15) is 9.59 Å². The summed E-state index contributed by atoms with van der Waals surface area (Å²) in [5.74, 6) is 0.0493. The summed E-state index contributed by atoms with van der Waals surface area (Å²) in [5.41, 5.74) is 7.15. The van der Waals surface area contributed by atoms with Gasteiger partial charge in [-0.1, -0.05) is 12.1 Å². The highest BCUT2D eigenvalue weighted by Gasteiger charge is 2.19. The Bertz CT molecular complexity index is 755. The molecule has 1 saturated heterocycles. The van der Waals surface area contributed by atoms with E-state index in [4.69, 9.17) is 10.5 Å². The van der Waals surface area contributed by atoms with Gasteiger partial charge in [-0.05, 0) is 29.8 Å². The van der Waals surface area contributed by atoms with Crippen molar-refractivity contribution < 1.29 is 14.3 Å². The first-order chi connectivity index (χ1) is 12.1. The minimum absolute atomic E-state index is 0.179. The zero-order valence-electron chi connectivity index (χ0n) is 13.8. The average Bonchev–Trinajstić information content (AvgIpc) is 2.63. The van der Waals surface area contributed by atoms with Crippen molar-refractivity contribution in [3.05, 3.63) is 53.7 Å². The molecule has 0 spiro atoms. The minimum Gasteiger partial charge on any atom is -0.378 e. The van der Waals surface area contributed by atoms with Crippen molar-refractivity contribution in [2.24, 2.45) is 5.73 Å². The van der Waals surface area contributed by atoms with E-state index in [-0.39, 0.29) is 18.2 Å². The summed E-state index contributed by atoms with van der Waals surface area (Å²) in [7, 11) is 0. The SMILES string of the molecule is NC(=O)Cc1ccc(NC(=O)c2cccnc2N2CCOCC2)cc1. The van der Waals surface area contributed by atoms with Crippen LogP contribution in [0.2, 0.25) is 0 Å². The molecule has 0 radical (unpaired) electrons. The van der Waals surface area contributed by atoms with Gasteiger partial charge in [0, 0.05) is 25.0 Å². The monoisotopic (exact) mass is 340 g/mol. The van der Waals surface area contributed by atoms with E-state index in [0.29, 0.717) is 43.4 Å². The van der Waals surface area contributed by atoms with Crippen LogP contribution in [0.4, 0.5) is 11.5 Å². The molecule has 1 fully saturated rings. The Morgan fingerprint density at radius 3 is 2.56 bits per heavy atom. The molecule has 0 bridgehead atoms. The van der Waals surface area contributed by atoms with Crippen molar-refractivity contribution in [1.29, 1.82) is 0 Å². The summed E-state index contributed by atoms with van der Waals surface area (Å²) in [6.45, 7) is 2.66. The third kappa shape index (κ3) is 4.33. The molecule has 7 nitrogen and oxygen atoms in total. The smallest absolute Gasteiger partial charge is 0.259 e. The van der Waals surface area contributed by atoms with Crippen molar-refractivity contribution in [2.45, 2.75) is 6.42 Å². The van der Waals surface area contributed by atoms with Crippen LogP contribution >= 0.6 is 0 Å². The van der Waals surface area contributed by atoms with Crippen molar-refractivity contribution in [3.63, 3.8) is 0 Å². The lowest BCUT2D eigenvalue weighted by Gasteiger charge is -2.29. The van der Waals surface area contributed by atoms with Gasteiger partial charge >= 0.3 is 0 Å². The van der Waals surface area contributed by atoms with Gasteiger partial charge in [-0.2, -0.15) is 0 Å². The molecule has 7 heteroatoms. The predicted octanol–water partition coefficient (Wildman–Crippen LogP) is 1.20. The number of aromatic nitrogens is 1. The largest absolute Gasteiger partial charge is 0.378 e. The molecule has 25 heavy (non-hydrogen) atoms. The van der Waals surface area contributed by atoms with Crippen LogP contribution in [0.3, 0.4) is 0 Å². The molecule has 0 aliphatic carbocycles. The number of benzene rings is 1. The number of pyridine rings is 1. The number of nitrogens with two attached hydrogens (primary N) is 1. The molecule has 1 aromatic heterocycles. The maximum absolute atomic E-state index is 12.7. The molecule has 1 aliphatic heterocycles. The van der Waals surface area contributed by atoms with Gasteiger partial charge in [0.15, 0.2) is 0 Å². The van der Waals surface area contributed by atoms with Gasteiger partial charge in [0.05, 0.1) is 25.2 Å². The van der Waals surface area contributed by atoms with Crippen LogP contribution in [0.5, 0.6) is 0 Å². The minimum atomic E-state index is -0.387. The number of morpholine rings is 1. The highest BCUT2D eigenvalue weighted by Crippen LogP contribution is 2.20. The molecule has 3 N–H and O–H groups in total. The molecule has 3 rings (SSSR count). The lowest BCUT2D eigenvalue weighted by Crippen LogP contribution is -2.38. The quantitative estimate of drug-likeness (QED) is 0.852. The number of primary amides is 1. The van der Waals surface area contributed by atoms with Gasteiger partial charge in [-0.25, -0.2) is 4.98 Å². The maximum atomic E-state index is 12.7. The summed E-state index contributed by atoms with van der Waals surface area (Å²) in [6, 6.07) is 10.5. The van der Waals surface area contributed by atoms with E-state index >= 15 is 0 Å². The summed E-state index contributed by atoms with van der Waals surface area (Å²) in [6.07, 6.45) is 1.86. The summed E-state index contributed by atoms with van der Waals surface area (Å²) < 4.78 is 5.35. The average molecular weight is 340 g/mol. The van der Waals surface area contributed by atoms with Gasteiger partial charge in [-0.3, -0.25) is 9.59 Å². The molecule has 130 valence electrons. The lowest BCUT2D eigenvalue weighted by atomic mass is 10.1. The van der Waals surface area contributed by atoms with E-state index in [1.165, 1.54) is 0 Å². The molecule has 0 unspecified atom stereocenters. The van der Waals surface area contributed by atoms with Crippen molar-refractivity contribution >= 4 is 23.3 Å². The fraction of sp³-hybridized carbons (Fsp3) is 0.278. The first-order valence-electron chi connectivity index (χ1n) is 8.10. The number of anilines is 2. The second-order valence-electron chi connectivity index (χ2n) is 5.77. The summed E-state index contributed by atoms with van der Waals surface area (Å²) in [4.78, 5) is 30.0. The Morgan fingerprint density at radius 2 is 1.88 bits per heavy atom. The van der Waals surface area contributed by atoms with E-state index < -0.39 is 0 Å². The molecule has 0 atom stereocenters. The number of hydrogen-bond acceptors (Lipinski definition) is 5. The molecular weight excluding hydrogens is 320 g/mol. The van der Waals surface area contributed by atoms with Crippen LogP contribution in [0.1, 0.15) is 15.9 Å².